The van der Waals surface area contributed by atoms with Crippen molar-refractivity contribution in [1.82, 2.24) is 0 Å². The van der Waals surface area contributed by atoms with Crippen molar-refractivity contribution in [2.24, 2.45) is 5.92 Å². The third-order valence-corrected chi connectivity index (χ3v) is 5.61. The molecular formula is C20H26O7. The maximum Gasteiger partial charge on any atom is 0.334 e. The predicted molar refractivity (Wildman–Crippen MR) is 95.5 cm³/mol. The summed E-state index contributed by atoms with van der Waals surface area (Å²) in [4.78, 5) is 24.6. The fraction of sp³-hybridized carbons (Fsp3) is 0.600. The van der Waals surface area contributed by atoms with E-state index in [1.54, 1.807) is 6.92 Å². The molecule has 0 unspecified atom stereocenters. The van der Waals surface area contributed by atoms with Crippen LogP contribution in [0.5, 0.6) is 0 Å². The average molecular weight is 378 g/mol. The van der Waals surface area contributed by atoms with Crippen LogP contribution < -0.4 is 0 Å². The summed E-state index contributed by atoms with van der Waals surface area (Å²) in [7, 11) is 0. The molecule has 0 bridgehead atoms. The molecule has 0 aromatic rings. The van der Waals surface area contributed by atoms with Crippen LogP contribution in [0.2, 0.25) is 0 Å². The van der Waals surface area contributed by atoms with Crippen LogP contribution in [0.25, 0.3) is 0 Å². The molecule has 3 rings (SSSR count). The number of carbonyl (C=O) groups is 2. The van der Waals surface area contributed by atoms with E-state index < -0.39 is 41.8 Å². The normalized spacial score (nSPS) is 36.3. The Morgan fingerprint density at radius 2 is 2.22 bits per heavy atom. The van der Waals surface area contributed by atoms with E-state index in [-0.39, 0.29) is 24.4 Å². The van der Waals surface area contributed by atoms with E-state index in [1.165, 1.54) is 6.08 Å². The van der Waals surface area contributed by atoms with Crippen LogP contribution >= 0.6 is 0 Å². The van der Waals surface area contributed by atoms with Gasteiger partial charge in [0.1, 0.15) is 23.9 Å². The molecule has 0 aromatic heterocycles. The number of aliphatic hydroxyl groups excluding tert-OH is 2. The third kappa shape index (κ3) is 3.72. The fourth-order valence-electron chi connectivity index (χ4n) is 3.94. The van der Waals surface area contributed by atoms with Gasteiger partial charge in [-0.1, -0.05) is 18.2 Å². The lowest BCUT2D eigenvalue weighted by Crippen LogP contribution is -2.39. The van der Waals surface area contributed by atoms with Gasteiger partial charge in [-0.25, -0.2) is 9.59 Å². The lowest BCUT2D eigenvalue weighted by atomic mass is 9.81. The van der Waals surface area contributed by atoms with Gasteiger partial charge in [0.25, 0.3) is 0 Å². The van der Waals surface area contributed by atoms with E-state index in [1.807, 2.05) is 13.0 Å². The molecule has 2 fully saturated rings. The van der Waals surface area contributed by atoms with Gasteiger partial charge < -0.3 is 24.4 Å². The lowest BCUT2D eigenvalue weighted by Gasteiger charge is -2.28. The van der Waals surface area contributed by atoms with E-state index in [4.69, 9.17) is 19.3 Å². The largest absolute Gasteiger partial charge is 0.458 e. The maximum absolute atomic E-state index is 12.4. The second kappa shape index (κ2) is 7.58. The highest BCUT2D eigenvalue weighted by atomic mass is 16.7. The summed E-state index contributed by atoms with van der Waals surface area (Å²) in [6.45, 7) is 6.92. The highest BCUT2D eigenvalue weighted by Gasteiger charge is 2.65. The van der Waals surface area contributed by atoms with E-state index in [9.17, 15) is 14.7 Å². The van der Waals surface area contributed by atoms with Gasteiger partial charge in [0, 0.05) is 17.6 Å². The van der Waals surface area contributed by atoms with Crippen molar-refractivity contribution < 1.29 is 34.0 Å². The quantitative estimate of drug-likeness (QED) is 0.328. The van der Waals surface area contributed by atoms with Crippen molar-refractivity contribution in [3.63, 3.8) is 0 Å². The van der Waals surface area contributed by atoms with Crippen LogP contribution in [0.4, 0.5) is 0 Å². The zero-order valence-corrected chi connectivity index (χ0v) is 15.6. The molecule has 2 aliphatic heterocycles. The van der Waals surface area contributed by atoms with Crippen molar-refractivity contribution >= 4 is 11.9 Å². The minimum atomic E-state index is -0.733. The van der Waals surface area contributed by atoms with E-state index in [2.05, 4.69) is 6.58 Å². The summed E-state index contributed by atoms with van der Waals surface area (Å²) in [5, 5.41) is 18.8. The summed E-state index contributed by atoms with van der Waals surface area (Å²) >= 11 is 0. The van der Waals surface area contributed by atoms with Crippen LogP contribution in [-0.2, 0) is 23.8 Å². The number of esters is 2. The second-order valence-corrected chi connectivity index (χ2v) is 7.49. The number of allylic oxidation sites excluding steroid dienone is 1. The molecule has 7 heteroatoms. The van der Waals surface area contributed by atoms with Gasteiger partial charge in [0.05, 0.1) is 19.1 Å². The van der Waals surface area contributed by atoms with Crippen LogP contribution in [0, 0.1) is 5.92 Å². The molecule has 3 aliphatic rings. The summed E-state index contributed by atoms with van der Waals surface area (Å²) in [6, 6.07) is 0. The van der Waals surface area contributed by atoms with Crippen molar-refractivity contribution in [1.29, 1.82) is 0 Å². The summed E-state index contributed by atoms with van der Waals surface area (Å²) < 4.78 is 17.0. The minimum absolute atomic E-state index is 0.166. The highest BCUT2D eigenvalue weighted by Crippen LogP contribution is 2.50. The molecule has 7 nitrogen and oxygen atoms in total. The first-order valence-electron chi connectivity index (χ1n) is 9.15. The standard InChI is InChI=1S/C20H26O7/c1-11-5-4-7-20(10-22)17(27-20)16-15(13(3)19(24)26-16)14(9-11)25-18(23)12(2)6-8-21/h5-6,14-17,21-22H,3-4,7-10H2,1-2H3/t14-,15-,16+,17-,20+/m1/s1. The molecule has 148 valence electrons. The molecule has 5 atom stereocenters. The lowest BCUT2D eigenvalue weighted by molar-refractivity contribution is -0.148. The van der Waals surface area contributed by atoms with Gasteiger partial charge in [-0.2, -0.15) is 0 Å². The number of ether oxygens (including phenoxy) is 3. The first-order chi connectivity index (χ1) is 12.8. The van der Waals surface area contributed by atoms with Crippen molar-refractivity contribution in [2.45, 2.75) is 57.0 Å². The maximum atomic E-state index is 12.4. The Bertz CT molecular complexity index is 707. The van der Waals surface area contributed by atoms with Crippen LogP contribution in [0.1, 0.15) is 33.1 Å². The van der Waals surface area contributed by atoms with E-state index in [0.29, 0.717) is 19.3 Å². The predicted octanol–water partition coefficient (Wildman–Crippen LogP) is 1.19. The average Bonchev–Trinajstić information content (AvgIpc) is 3.27. The van der Waals surface area contributed by atoms with Crippen LogP contribution in [0.3, 0.4) is 0 Å². The Labute approximate surface area is 158 Å². The number of aliphatic hydroxyl groups is 2. The number of hydrogen-bond donors (Lipinski definition) is 2. The Morgan fingerprint density at radius 3 is 2.89 bits per heavy atom. The fourth-order valence-corrected chi connectivity index (χ4v) is 3.94. The zero-order valence-electron chi connectivity index (χ0n) is 15.6. The number of carbonyl (C=O) groups excluding carboxylic acids is 2. The topological polar surface area (TPSA) is 106 Å². The van der Waals surface area contributed by atoms with Crippen molar-refractivity contribution in [2.75, 3.05) is 13.2 Å². The number of fused-ring (bicyclic) bond motifs is 3. The van der Waals surface area contributed by atoms with Gasteiger partial charge >= 0.3 is 11.9 Å². The second-order valence-electron chi connectivity index (χ2n) is 7.49. The Kier molecular flexibility index (Phi) is 5.55. The SMILES string of the molecule is C=C1C(=O)O[C@H]2[C@H]1[C@H](OC(=O)C(C)=CCO)CC(C)=CCC[C@@]1(CO)O[C@H]21. The summed E-state index contributed by atoms with van der Waals surface area (Å²) in [5.41, 5.74) is 0.812. The first-order valence-corrected chi connectivity index (χ1v) is 9.15. The molecule has 1 aliphatic carbocycles. The van der Waals surface area contributed by atoms with Crippen molar-refractivity contribution in [3.8, 4) is 0 Å². The van der Waals surface area contributed by atoms with Crippen LogP contribution in [0.15, 0.2) is 35.5 Å². The van der Waals surface area contributed by atoms with Gasteiger partial charge in [0.2, 0.25) is 0 Å². The molecule has 0 aromatic carbocycles. The minimum Gasteiger partial charge on any atom is -0.458 e. The molecule has 2 saturated heterocycles. The molecular weight excluding hydrogens is 352 g/mol. The van der Waals surface area contributed by atoms with E-state index in [0.717, 1.165) is 5.57 Å². The molecule has 2 heterocycles. The number of rotatable bonds is 4. The summed E-state index contributed by atoms with van der Waals surface area (Å²) in [5.74, 6) is -1.64. The smallest absolute Gasteiger partial charge is 0.334 e. The Hall–Kier alpha value is -1.96. The third-order valence-electron chi connectivity index (χ3n) is 5.61. The van der Waals surface area contributed by atoms with Gasteiger partial charge in [0.15, 0.2) is 0 Å². The molecule has 27 heavy (non-hydrogen) atoms. The Balaban J connectivity index is 1.93. The zero-order chi connectivity index (χ0) is 19.8. The molecule has 0 spiro atoms. The molecule has 0 radical (unpaired) electrons. The highest BCUT2D eigenvalue weighted by molar-refractivity contribution is 5.91. The monoisotopic (exact) mass is 378 g/mol. The van der Waals surface area contributed by atoms with Gasteiger partial charge in [-0.3, -0.25) is 0 Å². The van der Waals surface area contributed by atoms with Crippen LogP contribution in [-0.4, -0.2) is 59.3 Å². The number of epoxide rings is 1. The molecule has 2 N–H and O–H groups in total. The summed E-state index contributed by atoms with van der Waals surface area (Å²) in [6.07, 6.45) is 3.43. The molecule has 0 saturated carbocycles. The van der Waals surface area contributed by atoms with Gasteiger partial charge in [-0.15, -0.1) is 0 Å². The van der Waals surface area contributed by atoms with Gasteiger partial charge in [-0.05, 0) is 32.8 Å². The first kappa shape index (κ1) is 19.8. The molecule has 0 amide bonds. The number of hydrogen-bond acceptors (Lipinski definition) is 7. The van der Waals surface area contributed by atoms with E-state index >= 15 is 0 Å². The van der Waals surface area contributed by atoms with Crippen molar-refractivity contribution in [3.05, 3.63) is 35.5 Å². The Morgan fingerprint density at radius 1 is 1.48 bits per heavy atom.